The third-order valence-corrected chi connectivity index (χ3v) is 4.67. The Morgan fingerprint density at radius 3 is 2.52 bits per heavy atom. The van der Waals surface area contributed by atoms with Crippen LogP contribution in [0, 0.1) is 0 Å². The number of hydrogen-bond acceptors (Lipinski definition) is 6. The highest BCUT2D eigenvalue weighted by Gasteiger charge is 2.29. The van der Waals surface area contributed by atoms with Gasteiger partial charge in [0.25, 0.3) is 5.91 Å². The molecule has 2 heterocycles. The van der Waals surface area contributed by atoms with Gasteiger partial charge in [0.15, 0.2) is 5.13 Å². The van der Waals surface area contributed by atoms with E-state index in [1.807, 2.05) is 0 Å². The van der Waals surface area contributed by atoms with Crippen molar-refractivity contribution in [2.45, 2.75) is 19.1 Å². The Labute approximate surface area is 156 Å². The summed E-state index contributed by atoms with van der Waals surface area (Å²) in [6.07, 6.45) is -0.00404. The minimum atomic E-state index is -4.37. The van der Waals surface area contributed by atoms with Gasteiger partial charge in [0, 0.05) is 23.0 Å². The minimum absolute atomic E-state index is 0.254. The van der Waals surface area contributed by atoms with Crippen LogP contribution in [-0.4, -0.2) is 20.9 Å². The monoisotopic (exact) mass is 393 g/mol. The molecule has 1 atom stereocenters. The topological polar surface area (TPSA) is 79.8 Å². The van der Waals surface area contributed by atoms with Crippen LogP contribution in [0.4, 0.5) is 24.0 Å². The fraction of sp³-hybridized carbons (Fsp3) is 0.176. The normalized spacial score (nSPS) is 12.4. The van der Waals surface area contributed by atoms with Crippen molar-refractivity contribution in [3.8, 4) is 0 Å². The molecule has 0 fully saturated rings. The van der Waals surface area contributed by atoms with Gasteiger partial charge in [0.2, 0.25) is 0 Å². The second kappa shape index (κ2) is 7.70. The van der Waals surface area contributed by atoms with Gasteiger partial charge in [-0.15, -0.1) is 0 Å². The number of alkyl halides is 3. The molecule has 2 N–H and O–H groups in total. The summed E-state index contributed by atoms with van der Waals surface area (Å²) in [5, 5.41) is 6.26. The molecule has 2 aromatic heterocycles. The first-order valence-corrected chi connectivity index (χ1v) is 8.61. The quantitative estimate of drug-likeness (QED) is 0.680. The number of hydrogen-bond donors (Lipinski definition) is 2. The molecule has 0 aliphatic rings. The van der Waals surface area contributed by atoms with Crippen LogP contribution >= 0.6 is 11.3 Å². The van der Waals surface area contributed by atoms with E-state index in [-0.39, 0.29) is 17.6 Å². The van der Waals surface area contributed by atoms with Gasteiger partial charge < -0.3 is 10.6 Å². The molecule has 3 rings (SSSR count). The van der Waals surface area contributed by atoms with Crippen molar-refractivity contribution in [3.63, 3.8) is 0 Å². The van der Waals surface area contributed by atoms with Gasteiger partial charge in [-0.3, -0.25) is 4.79 Å². The van der Waals surface area contributed by atoms with Crippen LogP contribution in [0.3, 0.4) is 0 Å². The first-order chi connectivity index (χ1) is 12.8. The predicted molar refractivity (Wildman–Crippen MR) is 94.8 cm³/mol. The van der Waals surface area contributed by atoms with Crippen LogP contribution in [0.2, 0.25) is 0 Å². The van der Waals surface area contributed by atoms with Crippen LogP contribution in [0.25, 0.3) is 0 Å². The number of benzene rings is 1. The summed E-state index contributed by atoms with van der Waals surface area (Å²) in [7, 11) is 0. The number of anilines is 2. The third-order valence-electron chi connectivity index (χ3n) is 3.58. The highest BCUT2D eigenvalue weighted by atomic mass is 32.1. The molecule has 0 spiro atoms. The fourth-order valence-electron chi connectivity index (χ4n) is 2.18. The lowest BCUT2D eigenvalue weighted by atomic mass is 10.2. The van der Waals surface area contributed by atoms with Crippen molar-refractivity contribution in [1.29, 1.82) is 0 Å². The number of carbonyl (C=O) groups excluding carboxylic acids is 1. The standard InChI is InChI=1S/C17H14F3N5OS/c1-10(24-15(26)13-6-7-21-9-23-13)14-8-22-16(27-14)25-12-4-2-11(3-5-12)17(18,19)20/h2-10H,1H3,(H,22,25)(H,24,26). The Morgan fingerprint density at radius 2 is 1.89 bits per heavy atom. The van der Waals surface area contributed by atoms with Crippen molar-refractivity contribution >= 4 is 28.1 Å². The van der Waals surface area contributed by atoms with E-state index < -0.39 is 11.7 Å². The van der Waals surface area contributed by atoms with E-state index in [2.05, 4.69) is 25.6 Å². The molecular formula is C17H14F3N5OS. The molecule has 0 saturated carbocycles. The van der Waals surface area contributed by atoms with E-state index >= 15 is 0 Å². The van der Waals surface area contributed by atoms with Crippen LogP contribution in [0.5, 0.6) is 0 Å². The van der Waals surface area contributed by atoms with Gasteiger partial charge in [-0.05, 0) is 37.3 Å². The summed E-state index contributed by atoms with van der Waals surface area (Å²) in [6, 6.07) is 5.87. The fourth-order valence-corrected chi connectivity index (χ4v) is 3.02. The van der Waals surface area contributed by atoms with E-state index in [0.29, 0.717) is 10.8 Å². The molecule has 6 nitrogen and oxygen atoms in total. The second-order valence-corrected chi connectivity index (χ2v) is 6.62. The van der Waals surface area contributed by atoms with Crippen molar-refractivity contribution in [3.05, 3.63) is 65.2 Å². The average Bonchev–Trinajstić information content (AvgIpc) is 3.11. The average molecular weight is 393 g/mol. The number of nitrogens with zero attached hydrogens (tertiary/aromatic N) is 3. The maximum absolute atomic E-state index is 12.6. The molecular weight excluding hydrogens is 379 g/mol. The number of nitrogens with one attached hydrogen (secondary N) is 2. The van der Waals surface area contributed by atoms with Crippen LogP contribution in [-0.2, 0) is 6.18 Å². The number of aromatic nitrogens is 3. The third kappa shape index (κ3) is 4.79. The zero-order chi connectivity index (χ0) is 19.4. The summed E-state index contributed by atoms with van der Waals surface area (Å²) in [5.74, 6) is -0.337. The molecule has 140 valence electrons. The molecule has 0 bridgehead atoms. The van der Waals surface area contributed by atoms with E-state index in [0.717, 1.165) is 17.0 Å². The summed E-state index contributed by atoms with van der Waals surface area (Å²) in [5.41, 5.74) is 0.0278. The van der Waals surface area contributed by atoms with E-state index in [1.54, 1.807) is 13.1 Å². The Hall–Kier alpha value is -3.01. The molecule has 10 heteroatoms. The van der Waals surface area contributed by atoms with Gasteiger partial charge in [-0.1, -0.05) is 11.3 Å². The molecule has 0 radical (unpaired) electrons. The van der Waals surface area contributed by atoms with Crippen molar-refractivity contribution in [1.82, 2.24) is 20.3 Å². The Balaban J connectivity index is 1.63. The molecule has 1 unspecified atom stereocenters. The lowest BCUT2D eigenvalue weighted by molar-refractivity contribution is -0.137. The Bertz CT molecular complexity index is 912. The smallest absolute Gasteiger partial charge is 0.343 e. The van der Waals surface area contributed by atoms with Crippen LogP contribution < -0.4 is 10.6 Å². The largest absolute Gasteiger partial charge is 0.416 e. The number of rotatable bonds is 5. The van der Waals surface area contributed by atoms with Crippen molar-refractivity contribution < 1.29 is 18.0 Å². The first kappa shape index (κ1) is 18.8. The summed E-state index contributed by atoms with van der Waals surface area (Å²) in [6.45, 7) is 1.80. The Kier molecular flexibility index (Phi) is 5.36. The number of amides is 1. The van der Waals surface area contributed by atoms with Gasteiger partial charge in [0.1, 0.15) is 12.0 Å². The summed E-state index contributed by atoms with van der Waals surface area (Å²) in [4.78, 5) is 24.7. The van der Waals surface area contributed by atoms with Gasteiger partial charge in [0.05, 0.1) is 11.6 Å². The number of carbonyl (C=O) groups is 1. The summed E-state index contributed by atoms with van der Waals surface area (Å²) >= 11 is 1.29. The highest BCUT2D eigenvalue weighted by molar-refractivity contribution is 7.15. The van der Waals surface area contributed by atoms with Crippen molar-refractivity contribution in [2.24, 2.45) is 0 Å². The zero-order valence-electron chi connectivity index (χ0n) is 14.0. The SMILES string of the molecule is CC(NC(=O)c1ccncn1)c1cnc(Nc2ccc(C(F)(F)F)cc2)s1. The molecule has 3 aromatic rings. The van der Waals surface area contributed by atoms with E-state index in [9.17, 15) is 18.0 Å². The minimum Gasteiger partial charge on any atom is -0.343 e. The van der Waals surface area contributed by atoms with Gasteiger partial charge >= 0.3 is 6.18 Å². The second-order valence-electron chi connectivity index (χ2n) is 5.56. The lowest BCUT2D eigenvalue weighted by Gasteiger charge is -2.11. The van der Waals surface area contributed by atoms with Gasteiger partial charge in [-0.2, -0.15) is 13.2 Å². The Morgan fingerprint density at radius 1 is 1.15 bits per heavy atom. The maximum Gasteiger partial charge on any atom is 0.416 e. The number of thiazole rings is 1. The zero-order valence-corrected chi connectivity index (χ0v) is 14.8. The van der Waals surface area contributed by atoms with Crippen LogP contribution in [0.15, 0.2) is 49.1 Å². The molecule has 27 heavy (non-hydrogen) atoms. The maximum atomic E-state index is 12.6. The molecule has 1 aromatic carbocycles. The highest BCUT2D eigenvalue weighted by Crippen LogP contribution is 2.31. The van der Waals surface area contributed by atoms with Crippen LogP contribution in [0.1, 0.15) is 33.9 Å². The molecule has 0 aliphatic carbocycles. The van der Waals surface area contributed by atoms with Crippen molar-refractivity contribution in [2.75, 3.05) is 5.32 Å². The predicted octanol–water partition coefficient (Wildman–Crippen LogP) is 4.19. The molecule has 0 aliphatic heterocycles. The molecule has 1 amide bonds. The molecule has 0 saturated heterocycles. The van der Waals surface area contributed by atoms with Gasteiger partial charge in [-0.25, -0.2) is 15.0 Å². The van der Waals surface area contributed by atoms with E-state index in [4.69, 9.17) is 0 Å². The number of halogens is 3. The lowest BCUT2D eigenvalue weighted by Crippen LogP contribution is -2.26. The van der Waals surface area contributed by atoms with E-state index in [1.165, 1.54) is 42.1 Å². The summed E-state index contributed by atoms with van der Waals surface area (Å²) < 4.78 is 37.8. The first-order valence-electron chi connectivity index (χ1n) is 7.80.